The first kappa shape index (κ1) is 11.4. The van der Waals surface area contributed by atoms with Crippen molar-refractivity contribution in [1.82, 2.24) is 0 Å². The predicted octanol–water partition coefficient (Wildman–Crippen LogP) is 3.74. The van der Waals surface area contributed by atoms with Gasteiger partial charge in [-0.3, -0.25) is 0 Å². The van der Waals surface area contributed by atoms with Crippen LogP contribution in [0.4, 0.5) is 0 Å². The number of halogens is 1. The van der Waals surface area contributed by atoms with E-state index in [9.17, 15) is 0 Å². The first-order valence-electron chi connectivity index (χ1n) is 4.89. The van der Waals surface area contributed by atoms with E-state index in [0.29, 0.717) is 11.8 Å². The van der Waals surface area contributed by atoms with Gasteiger partial charge in [0.15, 0.2) is 0 Å². The van der Waals surface area contributed by atoms with Gasteiger partial charge in [0.05, 0.1) is 7.11 Å². The molecule has 14 heavy (non-hydrogen) atoms. The Morgan fingerprint density at radius 2 is 2.14 bits per heavy atom. The van der Waals surface area contributed by atoms with Gasteiger partial charge in [0.25, 0.3) is 0 Å². The SMILES string of the molecule is COc1ccc(C(C)CCCl)c(C)c1. The fraction of sp³-hybridized carbons (Fsp3) is 0.500. The number of aryl methyl sites for hydroxylation is 1. The lowest BCUT2D eigenvalue weighted by atomic mass is 9.94. The third kappa shape index (κ3) is 2.65. The van der Waals surface area contributed by atoms with Crippen molar-refractivity contribution in [1.29, 1.82) is 0 Å². The molecule has 0 heterocycles. The second kappa shape index (κ2) is 5.26. The molecule has 0 N–H and O–H groups in total. The molecule has 0 saturated heterocycles. The molecule has 0 aliphatic rings. The highest BCUT2D eigenvalue weighted by molar-refractivity contribution is 6.17. The maximum atomic E-state index is 5.73. The molecule has 1 rings (SSSR count). The highest BCUT2D eigenvalue weighted by Crippen LogP contribution is 2.26. The van der Waals surface area contributed by atoms with E-state index in [4.69, 9.17) is 16.3 Å². The van der Waals surface area contributed by atoms with Crippen LogP contribution in [-0.4, -0.2) is 13.0 Å². The highest BCUT2D eigenvalue weighted by atomic mass is 35.5. The van der Waals surface area contributed by atoms with Crippen LogP contribution in [0.5, 0.6) is 5.75 Å². The van der Waals surface area contributed by atoms with Gasteiger partial charge in [-0.1, -0.05) is 13.0 Å². The molecular formula is C12H17ClO. The van der Waals surface area contributed by atoms with E-state index in [2.05, 4.69) is 26.0 Å². The Labute approximate surface area is 91.0 Å². The minimum atomic E-state index is 0.526. The minimum Gasteiger partial charge on any atom is -0.497 e. The first-order valence-corrected chi connectivity index (χ1v) is 5.43. The van der Waals surface area contributed by atoms with Gasteiger partial charge in [-0.2, -0.15) is 0 Å². The van der Waals surface area contributed by atoms with Crippen molar-refractivity contribution in [3.05, 3.63) is 29.3 Å². The molecule has 1 atom stereocenters. The van der Waals surface area contributed by atoms with Crippen molar-refractivity contribution in [3.63, 3.8) is 0 Å². The van der Waals surface area contributed by atoms with Gasteiger partial charge in [0, 0.05) is 5.88 Å². The summed E-state index contributed by atoms with van der Waals surface area (Å²) in [4.78, 5) is 0. The van der Waals surface area contributed by atoms with Gasteiger partial charge < -0.3 is 4.74 Å². The molecular weight excluding hydrogens is 196 g/mol. The Hall–Kier alpha value is -0.690. The van der Waals surface area contributed by atoms with Gasteiger partial charge in [-0.05, 0) is 42.5 Å². The maximum Gasteiger partial charge on any atom is 0.119 e. The largest absolute Gasteiger partial charge is 0.497 e. The van der Waals surface area contributed by atoms with Crippen molar-refractivity contribution in [2.45, 2.75) is 26.2 Å². The Balaban J connectivity index is 2.88. The Morgan fingerprint density at radius 1 is 1.43 bits per heavy atom. The van der Waals surface area contributed by atoms with Crippen LogP contribution in [-0.2, 0) is 0 Å². The topological polar surface area (TPSA) is 9.23 Å². The van der Waals surface area contributed by atoms with E-state index in [1.54, 1.807) is 7.11 Å². The lowest BCUT2D eigenvalue weighted by Gasteiger charge is -2.14. The third-order valence-electron chi connectivity index (χ3n) is 2.55. The molecule has 0 amide bonds. The van der Waals surface area contributed by atoms with Crippen molar-refractivity contribution in [2.24, 2.45) is 0 Å². The number of methoxy groups -OCH3 is 1. The molecule has 1 aromatic carbocycles. The third-order valence-corrected chi connectivity index (χ3v) is 2.77. The summed E-state index contributed by atoms with van der Waals surface area (Å²) in [6, 6.07) is 6.21. The molecule has 0 saturated carbocycles. The number of ether oxygens (including phenoxy) is 1. The summed E-state index contributed by atoms with van der Waals surface area (Å²) in [5, 5.41) is 0. The summed E-state index contributed by atoms with van der Waals surface area (Å²) in [6.45, 7) is 4.32. The monoisotopic (exact) mass is 212 g/mol. The molecule has 1 nitrogen and oxygen atoms in total. The van der Waals surface area contributed by atoms with Crippen LogP contribution in [0.3, 0.4) is 0 Å². The second-order valence-corrected chi connectivity index (χ2v) is 3.98. The molecule has 1 unspecified atom stereocenters. The van der Waals surface area contributed by atoms with Crippen LogP contribution in [0.2, 0.25) is 0 Å². The summed E-state index contributed by atoms with van der Waals surface area (Å²) in [7, 11) is 1.69. The van der Waals surface area contributed by atoms with Gasteiger partial charge >= 0.3 is 0 Å². The standard InChI is InChI=1S/C12H17ClO/c1-9(6-7-13)12-5-4-11(14-3)8-10(12)2/h4-5,8-9H,6-7H2,1-3H3. The molecule has 0 radical (unpaired) electrons. The van der Waals surface area contributed by atoms with Gasteiger partial charge in [-0.25, -0.2) is 0 Å². The van der Waals surface area contributed by atoms with Crippen LogP contribution in [0.1, 0.15) is 30.4 Å². The zero-order valence-electron chi connectivity index (χ0n) is 9.01. The van der Waals surface area contributed by atoms with Crippen molar-refractivity contribution in [3.8, 4) is 5.75 Å². The van der Waals surface area contributed by atoms with E-state index in [-0.39, 0.29) is 0 Å². The lowest BCUT2D eigenvalue weighted by Crippen LogP contribution is -1.98. The Morgan fingerprint density at radius 3 is 2.64 bits per heavy atom. The van der Waals surface area contributed by atoms with E-state index in [1.165, 1.54) is 11.1 Å². The van der Waals surface area contributed by atoms with Crippen LogP contribution >= 0.6 is 11.6 Å². The number of rotatable bonds is 4. The first-order chi connectivity index (χ1) is 6.69. The smallest absolute Gasteiger partial charge is 0.119 e. The van der Waals surface area contributed by atoms with Crippen molar-refractivity contribution < 1.29 is 4.74 Å². The van der Waals surface area contributed by atoms with E-state index in [0.717, 1.165) is 12.2 Å². The molecule has 0 aliphatic carbocycles. The summed E-state index contributed by atoms with van der Waals surface area (Å²) in [5.74, 6) is 2.16. The normalized spacial score (nSPS) is 12.6. The number of alkyl halides is 1. The molecule has 0 bridgehead atoms. The lowest BCUT2D eigenvalue weighted by molar-refractivity contribution is 0.414. The molecule has 1 aromatic rings. The Bertz CT molecular complexity index is 296. The highest BCUT2D eigenvalue weighted by Gasteiger charge is 2.08. The Kier molecular flexibility index (Phi) is 4.27. The summed E-state index contributed by atoms with van der Waals surface area (Å²) in [5.41, 5.74) is 2.65. The number of hydrogen-bond acceptors (Lipinski definition) is 1. The summed E-state index contributed by atoms with van der Waals surface area (Å²) in [6.07, 6.45) is 1.02. The minimum absolute atomic E-state index is 0.526. The number of hydrogen-bond donors (Lipinski definition) is 0. The van der Waals surface area contributed by atoms with Gasteiger partial charge in [0.2, 0.25) is 0 Å². The number of benzene rings is 1. The van der Waals surface area contributed by atoms with Crippen LogP contribution in [0.25, 0.3) is 0 Å². The molecule has 2 heteroatoms. The van der Waals surface area contributed by atoms with Gasteiger partial charge in [0.1, 0.15) is 5.75 Å². The fourth-order valence-electron chi connectivity index (χ4n) is 1.65. The zero-order valence-corrected chi connectivity index (χ0v) is 9.77. The van der Waals surface area contributed by atoms with E-state index < -0.39 is 0 Å². The fourth-order valence-corrected chi connectivity index (χ4v) is 1.97. The summed E-state index contributed by atoms with van der Waals surface area (Å²) < 4.78 is 5.16. The average molecular weight is 213 g/mol. The van der Waals surface area contributed by atoms with Crippen LogP contribution < -0.4 is 4.74 Å². The van der Waals surface area contributed by atoms with E-state index >= 15 is 0 Å². The zero-order chi connectivity index (χ0) is 10.6. The average Bonchev–Trinajstić information content (AvgIpc) is 2.17. The molecule has 0 spiro atoms. The van der Waals surface area contributed by atoms with Crippen LogP contribution in [0, 0.1) is 6.92 Å². The molecule has 0 aromatic heterocycles. The van der Waals surface area contributed by atoms with E-state index in [1.807, 2.05) is 6.07 Å². The molecule has 0 fully saturated rings. The van der Waals surface area contributed by atoms with Crippen molar-refractivity contribution in [2.75, 3.05) is 13.0 Å². The maximum absolute atomic E-state index is 5.73. The van der Waals surface area contributed by atoms with Crippen molar-refractivity contribution >= 4 is 11.6 Å². The summed E-state index contributed by atoms with van der Waals surface area (Å²) >= 11 is 5.73. The predicted molar refractivity (Wildman–Crippen MR) is 61.5 cm³/mol. The molecule has 0 aliphatic heterocycles. The molecule has 78 valence electrons. The van der Waals surface area contributed by atoms with Crippen LogP contribution in [0.15, 0.2) is 18.2 Å². The quantitative estimate of drug-likeness (QED) is 0.691. The van der Waals surface area contributed by atoms with Gasteiger partial charge in [-0.15, -0.1) is 11.6 Å². The second-order valence-electron chi connectivity index (χ2n) is 3.60.